The van der Waals surface area contributed by atoms with Crippen molar-refractivity contribution in [3.63, 3.8) is 0 Å². The molecule has 1 aromatic rings. The third-order valence-corrected chi connectivity index (χ3v) is 5.95. The van der Waals surface area contributed by atoms with Crippen LogP contribution >= 0.6 is 11.3 Å². The van der Waals surface area contributed by atoms with Crippen LogP contribution in [0.5, 0.6) is 0 Å². The SMILES string of the molecule is CCC1(NC(=O)Nc2ncc(C3CCOCC3)s2)CCOCC1. The molecule has 23 heavy (non-hydrogen) atoms. The van der Waals surface area contributed by atoms with Crippen LogP contribution in [-0.2, 0) is 9.47 Å². The maximum atomic E-state index is 12.3. The lowest BCUT2D eigenvalue weighted by Crippen LogP contribution is -2.52. The first kappa shape index (κ1) is 16.7. The predicted molar refractivity (Wildman–Crippen MR) is 90.1 cm³/mol. The summed E-state index contributed by atoms with van der Waals surface area (Å²) in [4.78, 5) is 17.9. The Morgan fingerprint density at radius 2 is 2.00 bits per heavy atom. The minimum atomic E-state index is -0.165. The summed E-state index contributed by atoms with van der Waals surface area (Å²) < 4.78 is 10.8. The fourth-order valence-electron chi connectivity index (χ4n) is 3.21. The second-order valence-corrected chi connectivity index (χ2v) is 7.34. The Labute approximate surface area is 141 Å². The number of urea groups is 1. The molecule has 2 N–H and O–H groups in total. The zero-order valence-corrected chi connectivity index (χ0v) is 14.4. The third-order valence-electron chi connectivity index (χ3n) is 4.87. The monoisotopic (exact) mass is 339 g/mol. The van der Waals surface area contributed by atoms with Crippen molar-refractivity contribution in [2.45, 2.75) is 50.5 Å². The van der Waals surface area contributed by atoms with Gasteiger partial charge in [0.1, 0.15) is 0 Å². The highest BCUT2D eigenvalue weighted by molar-refractivity contribution is 7.15. The molecule has 2 saturated heterocycles. The Balaban J connectivity index is 1.56. The van der Waals surface area contributed by atoms with Gasteiger partial charge in [0.2, 0.25) is 0 Å². The number of thiazole rings is 1. The van der Waals surface area contributed by atoms with Crippen LogP contribution in [0.1, 0.15) is 49.8 Å². The molecular formula is C16H25N3O3S. The zero-order valence-electron chi connectivity index (χ0n) is 13.6. The molecule has 7 heteroatoms. The molecule has 2 fully saturated rings. The first-order valence-electron chi connectivity index (χ1n) is 8.41. The molecule has 6 nitrogen and oxygen atoms in total. The van der Waals surface area contributed by atoms with Gasteiger partial charge in [-0.05, 0) is 38.0 Å². The Kier molecular flexibility index (Phi) is 5.50. The summed E-state index contributed by atoms with van der Waals surface area (Å²) >= 11 is 1.57. The second kappa shape index (κ2) is 7.59. The number of nitrogens with one attached hydrogen (secondary N) is 2. The zero-order chi connectivity index (χ0) is 16.1. The molecule has 2 amide bonds. The van der Waals surface area contributed by atoms with Gasteiger partial charge in [-0.2, -0.15) is 0 Å². The van der Waals surface area contributed by atoms with E-state index in [1.165, 1.54) is 4.88 Å². The highest BCUT2D eigenvalue weighted by Crippen LogP contribution is 2.32. The molecular weight excluding hydrogens is 314 g/mol. The Bertz CT molecular complexity index is 522. The third kappa shape index (κ3) is 4.22. The summed E-state index contributed by atoms with van der Waals surface area (Å²) in [6.07, 6.45) is 6.60. The van der Waals surface area contributed by atoms with Crippen LogP contribution in [-0.4, -0.2) is 43.0 Å². The Morgan fingerprint density at radius 1 is 1.30 bits per heavy atom. The van der Waals surface area contributed by atoms with E-state index in [4.69, 9.17) is 9.47 Å². The molecule has 3 rings (SSSR count). The van der Waals surface area contributed by atoms with Crippen LogP contribution in [0.4, 0.5) is 9.93 Å². The van der Waals surface area contributed by atoms with Crippen LogP contribution in [0, 0.1) is 0 Å². The highest BCUT2D eigenvalue weighted by Gasteiger charge is 2.32. The van der Waals surface area contributed by atoms with Crippen molar-refractivity contribution in [1.29, 1.82) is 0 Å². The predicted octanol–water partition coefficient (Wildman–Crippen LogP) is 3.12. The number of hydrogen-bond acceptors (Lipinski definition) is 5. The van der Waals surface area contributed by atoms with Crippen LogP contribution in [0.25, 0.3) is 0 Å². The van der Waals surface area contributed by atoms with E-state index in [0.717, 1.165) is 45.3 Å². The van der Waals surface area contributed by atoms with Gasteiger partial charge in [0.25, 0.3) is 0 Å². The van der Waals surface area contributed by atoms with Crippen molar-refractivity contribution in [2.75, 3.05) is 31.7 Å². The summed E-state index contributed by atoms with van der Waals surface area (Å²) in [7, 11) is 0. The van der Waals surface area contributed by atoms with Gasteiger partial charge in [-0.15, -0.1) is 11.3 Å². The molecule has 0 spiro atoms. The Hall–Kier alpha value is -1.18. The highest BCUT2D eigenvalue weighted by atomic mass is 32.1. The standard InChI is InChI=1S/C16H25N3O3S/c1-2-16(5-9-22-10-6-16)19-14(20)18-15-17-11-13(23-15)12-3-7-21-8-4-12/h11-12H,2-10H2,1H3,(H2,17,18,19,20). The number of ether oxygens (including phenoxy) is 2. The fourth-order valence-corrected chi connectivity index (χ4v) is 4.19. The maximum Gasteiger partial charge on any atom is 0.321 e. The molecule has 2 aliphatic heterocycles. The lowest BCUT2D eigenvalue weighted by molar-refractivity contribution is 0.0416. The number of amides is 2. The molecule has 2 aliphatic rings. The smallest absolute Gasteiger partial charge is 0.321 e. The fraction of sp³-hybridized carbons (Fsp3) is 0.750. The minimum absolute atomic E-state index is 0.150. The van der Waals surface area contributed by atoms with E-state index < -0.39 is 0 Å². The number of carbonyl (C=O) groups excluding carboxylic acids is 1. The van der Waals surface area contributed by atoms with Crippen LogP contribution in [0.2, 0.25) is 0 Å². The summed E-state index contributed by atoms with van der Waals surface area (Å²) in [5.41, 5.74) is -0.150. The van der Waals surface area contributed by atoms with Crippen LogP contribution in [0.3, 0.4) is 0 Å². The first-order valence-corrected chi connectivity index (χ1v) is 9.23. The van der Waals surface area contributed by atoms with Crippen molar-refractivity contribution in [2.24, 2.45) is 0 Å². The van der Waals surface area contributed by atoms with E-state index in [0.29, 0.717) is 24.3 Å². The minimum Gasteiger partial charge on any atom is -0.381 e. The molecule has 0 aliphatic carbocycles. The van der Waals surface area contributed by atoms with Crippen molar-refractivity contribution < 1.29 is 14.3 Å². The topological polar surface area (TPSA) is 72.5 Å². The molecule has 0 atom stereocenters. The van der Waals surface area contributed by atoms with Crippen molar-refractivity contribution in [3.8, 4) is 0 Å². The first-order chi connectivity index (χ1) is 11.2. The van der Waals surface area contributed by atoms with E-state index in [1.807, 2.05) is 6.20 Å². The van der Waals surface area contributed by atoms with Gasteiger partial charge >= 0.3 is 6.03 Å². The van der Waals surface area contributed by atoms with E-state index in [-0.39, 0.29) is 11.6 Å². The molecule has 0 bridgehead atoms. The van der Waals surface area contributed by atoms with Gasteiger partial charge in [-0.3, -0.25) is 5.32 Å². The number of carbonyl (C=O) groups is 1. The molecule has 0 radical (unpaired) electrons. The summed E-state index contributed by atoms with van der Waals surface area (Å²) in [6.45, 7) is 5.15. The van der Waals surface area contributed by atoms with E-state index in [1.54, 1.807) is 11.3 Å². The largest absolute Gasteiger partial charge is 0.381 e. The number of hydrogen-bond donors (Lipinski definition) is 2. The van der Waals surface area contributed by atoms with Crippen LogP contribution in [0.15, 0.2) is 6.20 Å². The second-order valence-electron chi connectivity index (χ2n) is 6.28. The molecule has 0 saturated carbocycles. The number of aromatic nitrogens is 1. The van der Waals surface area contributed by atoms with Crippen molar-refractivity contribution in [1.82, 2.24) is 10.3 Å². The molecule has 0 unspecified atom stereocenters. The molecule has 1 aromatic heterocycles. The van der Waals surface area contributed by atoms with E-state index in [2.05, 4.69) is 22.5 Å². The number of anilines is 1. The molecule has 0 aromatic carbocycles. The molecule has 128 valence electrons. The van der Waals surface area contributed by atoms with Gasteiger partial charge in [0, 0.05) is 43.0 Å². The Morgan fingerprint density at radius 3 is 2.70 bits per heavy atom. The van der Waals surface area contributed by atoms with E-state index >= 15 is 0 Å². The normalized spacial score (nSPS) is 21.8. The average Bonchev–Trinajstić information content (AvgIpc) is 3.05. The van der Waals surface area contributed by atoms with Gasteiger partial charge in [-0.25, -0.2) is 9.78 Å². The van der Waals surface area contributed by atoms with Gasteiger partial charge in [-0.1, -0.05) is 6.92 Å². The molecule has 3 heterocycles. The van der Waals surface area contributed by atoms with Crippen molar-refractivity contribution in [3.05, 3.63) is 11.1 Å². The average molecular weight is 339 g/mol. The summed E-state index contributed by atoms with van der Waals surface area (Å²) in [5.74, 6) is 0.511. The number of nitrogens with zero attached hydrogens (tertiary/aromatic N) is 1. The summed E-state index contributed by atoms with van der Waals surface area (Å²) in [6, 6.07) is -0.165. The van der Waals surface area contributed by atoms with Crippen LogP contribution < -0.4 is 10.6 Å². The number of rotatable bonds is 4. The lowest BCUT2D eigenvalue weighted by Gasteiger charge is -2.37. The maximum absolute atomic E-state index is 12.3. The van der Waals surface area contributed by atoms with Gasteiger partial charge < -0.3 is 14.8 Å². The summed E-state index contributed by atoms with van der Waals surface area (Å²) in [5, 5.41) is 6.70. The van der Waals surface area contributed by atoms with Gasteiger partial charge in [0.15, 0.2) is 5.13 Å². The lowest BCUT2D eigenvalue weighted by atomic mass is 9.87. The van der Waals surface area contributed by atoms with E-state index in [9.17, 15) is 4.79 Å². The van der Waals surface area contributed by atoms with Crippen molar-refractivity contribution >= 4 is 22.5 Å². The quantitative estimate of drug-likeness (QED) is 0.884. The van der Waals surface area contributed by atoms with Gasteiger partial charge in [0.05, 0.1) is 0 Å².